The number of aryl methyl sites for hydroxylation is 1. The average molecular weight is 365 g/mol. The van der Waals surface area contributed by atoms with Crippen molar-refractivity contribution in [3.05, 3.63) is 60.3 Å². The first kappa shape index (κ1) is 16.7. The second-order valence-electron chi connectivity index (χ2n) is 6.15. The highest BCUT2D eigenvalue weighted by molar-refractivity contribution is 6.36. The molecule has 0 aliphatic heterocycles. The zero-order valence-electron chi connectivity index (χ0n) is 14.4. The first-order valence-electron chi connectivity index (χ1n) is 8.52. The van der Waals surface area contributed by atoms with Crippen LogP contribution in [0.2, 0.25) is 5.02 Å². The Bertz CT molecular complexity index is 1030. The van der Waals surface area contributed by atoms with Crippen LogP contribution in [0.4, 0.5) is 5.82 Å². The van der Waals surface area contributed by atoms with Gasteiger partial charge in [0, 0.05) is 48.3 Å². The monoisotopic (exact) mass is 364 g/mol. The number of fused-ring (bicyclic) bond motifs is 1. The predicted molar refractivity (Wildman–Crippen MR) is 107 cm³/mol. The molecule has 26 heavy (non-hydrogen) atoms. The highest BCUT2D eigenvalue weighted by Crippen LogP contribution is 2.28. The van der Waals surface area contributed by atoms with Crippen LogP contribution in [0.3, 0.4) is 0 Å². The van der Waals surface area contributed by atoms with Crippen LogP contribution in [0.1, 0.15) is 6.42 Å². The molecular weight excluding hydrogens is 347 g/mol. The number of nitrogens with zero attached hydrogens (tertiary/aromatic N) is 5. The molecule has 0 spiro atoms. The number of hydrogen-bond donors (Lipinski definition) is 1. The maximum Gasteiger partial charge on any atom is 0.151 e. The molecule has 6 nitrogen and oxygen atoms in total. The van der Waals surface area contributed by atoms with Crippen molar-refractivity contribution in [2.24, 2.45) is 0 Å². The number of anilines is 1. The third kappa shape index (κ3) is 3.30. The van der Waals surface area contributed by atoms with Crippen LogP contribution in [0, 0.1) is 0 Å². The molecule has 0 saturated carbocycles. The lowest BCUT2D eigenvalue weighted by Crippen LogP contribution is -2.11. The van der Waals surface area contributed by atoms with E-state index in [0.717, 1.165) is 47.7 Å². The molecule has 8 heteroatoms. The number of rotatable bonds is 6. The molecule has 0 aliphatic carbocycles. The van der Waals surface area contributed by atoms with Crippen LogP contribution in [0.15, 0.2) is 55.2 Å². The second-order valence-corrected chi connectivity index (χ2v) is 6.56. The van der Waals surface area contributed by atoms with E-state index in [2.05, 4.69) is 20.0 Å². The van der Waals surface area contributed by atoms with Gasteiger partial charge in [0.25, 0.3) is 0 Å². The van der Waals surface area contributed by atoms with Gasteiger partial charge in [-0.1, -0.05) is 29.8 Å². The first-order chi connectivity index (χ1) is 12.7. The Labute approximate surface area is 157 Å². The van der Waals surface area contributed by atoms with E-state index in [9.17, 15) is 0 Å². The molecule has 0 radical (unpaired) electrons. The van der Waals surface area contributed by atoms with E-state index in [-0.39, 0.29) is 0 Å². The Morgan fingerprint density at radius 3 is 2.92 bits per heavy atom. The van der Waals surface area contributed by atoms with Gasteiger partial charge in [-0.25, -0.2) is 9.97 Å². The number of aromatic nitrogens is 5. The van der Waals surface area contributed by atoms with Crippen LogP contribution in [0.5, 0.6) is 0 Å². The standard InChI is InChI=1S/C18H18BClN6/c19-14-11-23-26-17(22-6-3-8-25-9-7-21-12-25)10-16(24-18(14)26)13-4-1-2-5-15(13)20/h1-2,4-5,7,9-12,22H,3,6,8,19H2. The lowest BCUT2D eigenvalue weighted by atomic mass is 10.0. The van der Waals surface area contributed by atoms with Gasteiger partial charge in [-0.15, -0.1) is 0 Å². The topological polar surface area (TPSA) is 60.0 Å². The van der Waals surface area contributed by atoms with E-state index >= 15 is 0 Å². The van der Waals surface area contributed by atoms with Gasteiger partial charge in [0.15, 0.2) is 5.65 Å². The summed E-state index contributed by atoms with van der Waals surface area (Å²) in [4.78, 5) is 8.82. The molecule has 0 aliphatic rings. The number of halogens is 1. The van der Waals surface area contributed by atoms with Gasteiger partial charge in [0.05, 0.1) is 12.0 Å². The summed E-state index contributed by atoms with van der Waals surface area (Å²) in [6.45, 7) is 1.73. The molecule has 3 aromatic heterocycles. The van der Waals surface area contributed by atoms with Gasteiger partial charge >= 0.3 is 0 Å². The SMILES string of the molecule is Bc1cnn2c(NCCCn3ccnc3)cc(-c3ccccc3Cl)nc12. The minimum absolute atomic E-state index is 0.688. The Kier molecular flexibility index (Phi) is 4.62. The number of imidazole rings is 1. The van der Waals surface area contributed by atoms with Gasteiger partial charge in [-0.3, -0.25) is 0 Å². The largest absolute Gasteiger partial charge is 0.370 e. The summed E-state index contributed by atoms with van der Waals surface area (Å²) in [7, 11) is 2.01. The summed E-state index contributed by atoms with van der Waals surface area (Å²) in [6, 6.07) is 9.75. The highest BCUT2D eigenvalue weighted by atomic mass is 35.5. The van der Waals surface area contributed by atoms with Crippen LogP contribution in [0.25, 0.3) is 16.9 Å². The molecule has 4 rings (SSSR count). The average Bonchev–Trinajstić information content (AvgIpc) is 3.29. The fourth-order valence-corrected chi connectivity index (χ4v) is 3.14. The van der Waals surface area contributed by atoms with Crippen molar-refractivity contribution in [2.45, 2.75) is 13.0 Å². The van der Waals surface area contributed by atoms with Gasteiger partial charge in [-0.05, 0) is 17.9 Å². The molecule has 1 aromatic carbocycles. The van der Waals surface area contributed by atoms with E-state index in [4.69, 9.17) is 16.6 Å². The normalized spacial score (nSPS) is 11.1. The Morgan fingerprint density at radius 2 is 2.12 bits per heavy atom. The molecular formula is C18H18BClN6. The van der Waals surface area contributed by atoms with Gasteiger partial charge in [0.1, 0.15) is 13.7 Å². The van der Waals surface area contributed by atoms with Gasteiger partial charge in [0.2, 0.25) is 0 Å². The molecule has 1 N–H and O–H groups in total. The van der Waals surface area contributed by atoms with Crippen molar-refractivity contribution in [1.29, 1.82) is 0 Å². The third-order valence-corrected chi connectivity index (χ3v) is 4.59. The molecule has 0 unspecified atom stereocenters. The van der Waals surface area contributed by atoms with Crippen LogP contribution >= 0.6 is 11.6 Å². The predicted octanol–water partition coefficient (Wildman–Crippen LogP) is 2.01. The van der Waals surface area contributed by atoms with Crippen molar-refractivity contribution in [3.63, 3.8) is 0 Å². The Balaban J connectivity index is 1.61. The number of hydrogen-bond acceptors (Lipinski definition) is 4. The molecule has 0 amide bonds. The maximum atomic E-state index is 6.37. The fourth-order valence-electron chi connectivity index (χ4n) is 2.90. The smallest absolute Gasteiger partial charge is 0.151 e. The van der Waals surface area contributed by atoms with E-state index in [1.165, 1.54) is 0 Å². The minimum Gasteiger partial charge on any atom is -0.370 e. The lowest BCUT2D eigenvalue weighted by Gasteiger charge is -2.12. The zero-order valence-corrected chi connectivity index (χ0v) is 15.2. The molecule has 0 fully saturated rings. The molecule has 4 aromatic rings. The minimum atomic E-state index is 0.688. The Hall–Kier alpha value is -2.80. The quantitative estimate of drug-likeness (QED) is 0.420. The van der Waals surface area contributed by atoms with E-state index < -0.39 is 0 Å². The van der Waals surface area contributed by atoms with Gasteiger partial charge < -0.3 is 9.88 Å². The Morgan fingerprint density at radius 1 is 1.23 bits per heavy atom. The second kappa shape index (κ2) is 7.21. The van der Waals surface area contributed by atoms with Crippen molar-refractivity contribution in [1.82, 2.24) is 24.1 Å². The summed E-state index contributed by atoms with van der Waals surface area (Å²) in [5.41, 5.74) is 3.61. The van der Waals surface area contributed by atoms with Crippen molar-refractivity contribution >= 4 is 36.4 Å². The van der Waals surface area contributed by atoms with E-state index in [1.54, 1.807) is 6.20 Å². The van der Waals surface area contributed by atoms with E-state index in [1.807, 2.05) is 61.4 Å². The van der Waals surface area contributed by atoms with Gasteiger partial charge in [-0.2, -0.15) is 9.61 Å². The van der Waals surface area contributed by atoms with Crippen molar-refractivity contribution in [2.75, 3.05) is 11.9 Å². The van der Waals surface area contributed by atoms with Crippen molar-refractivity contribution in [3.8, 4) is 11.3 Å². The summed E-state index contributed by atoms with van der Waals surface area (Å²) in [5.74, 6) is 0.906. The molecule has 0 atom stereocenters. The summed E-state index contributed by atoms with van der Waals surface area (Å²) < 4.78 is 3.91. The van der Waals surface area contributed by atoms with Crippen molar-refractivity contribution < 1.29 is 0 Å². The number of benzene rings is 1. The fraction of sp³-hybridized carbons (Fsp3) is 0.167. The van der Waals surface area contributed by atoms with E-state index in [0.29, 0.717) is 5.02 Å². The summed E-state index contributed by atoms with van der Waals surface area (Å²) in [5, 5.41) is 8.61. The third-order valence-electron chi connectivity index (χ3n) is 4.26. The molecule has 130 valence electrons. The van der Waals surface area contributed by atoms with Crippen LogP contribution in [-0.2, 0) is 6.54 Å². The molecule has 0 bridgehead atoms. The molecule has 0 saturated heterocycles. The van der Waals surface area contributed by atoms with Crippen LogP contribution < -0.4 is 10.8 Å². The van der Waals surface area contributed by atoms with Crippen LogP contribution in [-0.4, -0.2) is 38.5 Å². The highest BCUT2D eigenvalue weighted by Gasteiger charge is 2.12. The number of nitrogens with one attached hydrogen (secondary N) is 1. The summed E-state index contributed by atoms with van der Waals surface area (Å²) in [6.07, 6.45) is 8.40. The molecule has 3 heterocycles. The lowest BCUT2D eigenvalue weighted by molar-refractivity contribution is 0.659. The summed E-state index contributed by atoms with van der Waals surface area (Å²) >= 11 is 6.37. The first-order valence-corrected chi connectivity index (χ1v) is 8.90. The maximum absolute atomic E-state index is 6.37. The zero-order chi connectivity index (χ0) is 17.9.